The third-order valence-electron chi connectivity index (χ3n) is 5.54. The quantitative estimate of drug-likeness (QED) is 0.487. The summed E-state index contributed by atoms with van der Waals surface area (Å²) in [5.74, 6) is 1.55. The molecule has 2 aromatic carbocycles. The zero-order chi connectivity index (χ0) is 17.5. The molecule has 130 valence electrons. The molecule has 0 N–H and O–H groups in total. The summed E-state index contributed by atoms with van der Waals surface area (Å²) < 4.78 is 0. The van der Waals surface area contributed by atoms with Gasteiger partial charge in [-0.2, -0.15) is 0 Å². The van der Waals surface area contributed by atoms with E-state index in [0.717, 1.165) is 24.7 Å². The smallest absolute Gasteiger partial charge is 0.0162 e. The molecule has 0 heterocycles. The van der Waals surface area contributed by atoms with Gasteiger partial charge in [0, 0.05) is 0 Å². The molecule has 3 rings (SSSR count). The lowest BCUT2D eigenvalue weighted by atomic mass is 9.78. The van der Waals surface area contributed by atoms with E-state index >= 15 is 0 Å². The fourth-order valence-electron chi connectivity index (χ4n) is 4.00. The number of rotatable bonds is 6. The Morgan fingerprint density at radius 3 is 2.04 bits per heavy atom. The monoisotopic (exact) mass is 330 g/mol. The van der Waals surface area contributed by atoms with Crippen molar-refractivity contribution in [3.05, 3.63) is 84.5 Å². The van der Waals surface area contributed by atoms with Crippen molar-refractivity contribution in [2.75, 3.05) is 0 Å². The maximum absolute atomic E-state index is 3.80. The van der Waals surface area contributed by atoms with Crippen molar-refractivity contribution in [2.24, 2.45) is 5.92 Å². The van der Waals surface area contributed by atoms with Gasteiger partial charge in [-0.05, 0) is 79.5 Å². The first-order valence-electron chi connectivity index (χ1n) is 9.73. The summed E-state index contributed by atoms with van der Waals surface area (Å²) in [5, 5.41) is 0. The zero-order valence-corrected chi connectivity index (χ0v) is 15.5. The van der Waals surface area contributed by atoms with Gasteiger partial charge in [0.15, 0.2) is 0 Å². The number of aryl methyl sites for hydroxylation is 1. The van der Waals surface area contributed by atoms with E-state index in [1.807, 2.05) is 6.08 Å². The Bertz CT molecular complexity index is 680. The van der Waals surface area contributed by atoms with Crippen LogP contribution in [0.5, 0.6) is 0 Å². The van der Waals surface area contributed by atoms with Gasteiger partial charge >= 0.3 is 0 Å². The van der Waals surface area contributed by atoms with Gasteiger partial charge < -0.3 is 0 Å². The highest BCUT2D eigenvalue weighted by Crippen LogP contribution is 2.36. The molecule has 0 nitrogen and oxygen atoms in total. The molecule has 0 radical (unpaired) electrons. The van der Waals surface area contributed by atoms with E-state index in [4.69, 9.17) is 0 Å². The van der Waals surface area contributed by atoms with Gasteiger partial charge in [0.05, 0.1) is 0 Å². The molecule has 0 heteroatoms. The third-order valence-corrected chi connectivity index (χ3v) is 5.54. The normalized spacial score (nSPS) is 20.7. The summed E-state index contributed by atoms with van der Waals surface area (Å²) in [7, 11) is 0. The predicted octanol–water partition coefficient (Wildman–Crippen LogP) is 7.32. The van der Waals surface area contributed by atoms with Crippen LogP contribution in [0.4, 0.5) is 0 Å². The largest absolute Gasteiger partial charge is 0.103 e. The fraction of sp³-hybridized carbons (Fsp3) is 0.360. The van der Waals surface area contributed by atoms with E-state index in [1.54, 1.807) is 0 Å². The Labute approximate surface area is 153 Å². The number of hydrogen-bond donors (Lipinski definition) is 0. The van der Waals surface area contributed by atoms with Crippen LogP contribution < -0.4 is 0 Å². The van der Waals surface area contributed by atoms with Crippen molar-refractivity contribution in [2.45, 2.75) is 51.4 Å². The molecule has 1 saturated carbocycles. The Hall–Kier alpha value is -2.08. The van der Waals surface area contributed by atoms with E-state index in [1.165, 1.54) is 47.9 Å². The second kappa shape index (κ2) is 8.85. The van der Waals surface area contributed by atoms with Gasteiger partial charge in [-0.3, -0.25) is 0 Å². The minimum Gasteiger partial charge on any atom is -0.103 e. The number of benzene rings is 2. The Morgan fingerprint density at radius 1 is 0.880 bits per heavy atom. The van der Waals surface area contributed by atoms with Crippen molar-refractivity contribution < 1.29 is 0 Å². The molecule has 1 aliphatic carbocycles. The van der Waals surface area contributed by atoms with Crippen LogP contribution >= 0.6 is 0 Å². The molecule has 0 spiro atoms. The van der Waals surface area contributed by atoms with Crippen molar-refractivity contribution in [1.29, 1.82) is 0 Å². The molecule has 0 bridgehead atoms. The van der Waals surface area contributed by atoms with Crippen LogP contribution in [-0.2, 0) is 6.42 Å². The van der Waals surface area contributed by atoms with E-state index < -0.39 is 0 Å². The van der Waals surface area contributed by atoms with E-state index in [9.17, 15) is 0 Å². The van der Waals surface area contributed by atoms with Gasteiger partial charge in [0.25, 0.3) is 0 Å². The highest BCUT2D eigenvalue weighted by atomic mass is 14.3. The summed E-state index contributed by atoms with van der Waals surface area (Å²) in [6.45, 7) is 5.93. The number of allylic oxidation sites excluding steroid dienone is 3. The SMILES string of the molecule is C=CCCc1ccc(-c2ccc(C3CCC(/C=C/C)CC3)cc2)cc1. The first-order chi connectivity index (χ1) is 12.3. The minimum atomic E-state index is 0.747. The van der Waals surface area contributed by atoms with Crippen LogP contribution in [-0.4, -0.2) is 0 Å². The lowest BCUT2D eigenvalue weighted by molar-refractivity contribution is 0.376. The second-order valence-electron chi connectivity index (χ2n) is 7.28. The van der Waals surface area contributed by atoms with Crippen LogP contribution in [0, 0.1) is 5.92 Å². The van der Waals surface area contributed by atoms with Crippen LogP contribution in [0.15, 0.2) is 73.3 Å². The second-order valence-corrected chi connectivity index (χ2v) is 7.28. The van der Waals surface area contributed by atoms with Crippen LogP contribution in [0.2, 0.25) is 0 Å². The summed E-state index contributed by atoms with van der Waals surface area (Å²) >= 11 is 0. The number of hydrogen-bond acceptors (Lipinski definition) is 0. The zero-order valence-electron chi connectivity index (χ0n) is 15.5. The summed E-state index contributed by atoms with van der Waals surface area (Å²) in [5.41, 5.74) is 5.54. The van der Waals surface area contributed by atoms with Crippen LogP contribution in [0.3, 0.4) is 0 Å². The molecular weight excluding hydrogens is 300 g/mol. The first-order valence-corrected chi connectivity index (χ1v) is 9.73. The molecule has 0 aromatic heterocycles. The highest BCUT2D eigenvalue weighted by molar-refractivity contribution is 5.64. The van der Waals surface area contributed by atoms with Crippen molar-refractivity contribution in [1.82, 2.24) is 0 Å². The van der Waals surface area contributed by atoms with Crippen LogP contribution in [0.1, 0.15) is 56.1 Å². The molecule has 25 heavy (non-hydrogen) atoms. The molecule has 1 aliphatic rings. The lowest BCUT2D eigenvalue weighted by Gasteiger charge is -2.27. The van der Waals surface area contributed by atoms with E-state index in [-0.39, 0.29) is 0 Å². The summed E-state index contributed by atoms with van der Waals surface area (Å²) in [6.07, 6.45) is 14.0. The molecule has 0 amide bonds. The van der Waals surface area contributed by atoms with E-state index in [2.05, 4.69) is 74.2 Å². The molecule has 0 aliphatic heterocycles. The van der Waals surface area contributed by atoms with Gasteiger partial charge in [-0.1, -0.05) is 66.8 Å². The molecule has 0 atom stereocenters. The molecule has 0 saturated heterocycles. The Kier molecular flexibility index (Phi) is 6.28. The Balaban J connectivity index is 1.63. The highest BCUT2D eigenvalue weighted by Gasteiger charge is 2.20. The van der Waals surface area contributed by atoms with Gasteiger partial charge in [0.2, 0.25) is 0 Å². The minimum absolute atomic E-state index is 0.747. The van der Waals surface area contributed by atoms with Gasteiger partial charge in [-0.25, -0.2) is 0 Å². The van der Waals surface area contributed by atoms with Crippen molar-refractivity contribution in [3.63, 3.8) is 0 Å². The van der Waals surface area contributed by atoms with Crippen molar-refractivity contribution in [3.8, 4) is 11.1 Å². The standard InChI is InChI=1S/C25H30/c1-3-5-7-21-10-14-23(15-11-21)25-18-16-24(17-19-25)22-12-8-20(6-4-2)9-13-22/h3-4,6,10-11,14-20,22H,1,5,7-9,12-13H2,2H3/b6-4+. The Morgan fingerprint density at radius 2 is 1.48 bits per heavy atom. The van der Waals surface area contributed by atoms with Crippen molar-refractivity contribution >= 4 is 0 Å². The predicted molar refractivity (Wildman–Crippen MR) is 110 cm³/mol. The summed E-state index contributed by atoms with van der Waals surface area (Å²) in [6, 6.07) is 18.3. The molecular formula is C25H30. The molecule has 0 unspecified atom stereocenters. The molecule has 2 aromatic rings. The topological polar surface area (TPSA) is 0 Å². The maximum Gasteiger partial charge on any atom is -0.0162 e. The fourth-order valence-corrected chi connectivity index (χ4v) is 4.00. The average Bonchev–Trinajstić information content (AvgIpc) is 2.68. The lowest BCUT2D eigenvalue weighted by Crippen LogP contribution is -2.11. The van der Waals surface area contributed by atoms with Gasteiger partial charge in [0.1, 0.15) is 0 Å². The first kappa shape index (κ1) is 17.7. The van der Waals surface area contributed by atoms with Crippen LogP contribution in [0.25, 0.3) is 11.1 Å². The van der Waals surface area contributed by atoms with E-state index in [0.29, 0.717) is 0 Å². The van der Waals surface area contributed by atoms with Gasteiger partial charge in [-0.15, -0.1) is 6.58 Å². The summed E-state index contributed by atoms with van der Waals surface area (Å²) in [4.78, 5) is 0. The maximum atomic E-state index is 3.80. The molecule has 1 fully saturated rings. The third kappa shape index (κ3) is 4.72. The average molecular weight is 331 g/mol.